The molecule has 0 saturated carbocycles. The zero-order chi connectivity index (χ0) is 13.0. The first-order chi connectivity index (χ1) is 8.10. The number of rotatable bonds is 4. The molecule has 0 N–H and O–H groups in total. The van der Waals surface area contributed by atoms with Crippen molar-refractivity contribution in [1.82, 2.24) is 0 Å². The predicted molar refractivity (Wildman–Crippen MR) is 62.2 cm³/mol. The standard InChI is InChI=1S/C12H16O5/c1-7-8(12(13)17-5)6-9(14-2)11(16-4)10(7)15-3/h6H,1-5H3. The predicted octanol–water partition coefficient (Wildman–Crippen LogP) is 1.81. The molecule has 5 nitrogen and oxygen atoms in total. The van der Waals surface area contributed by atoms with Gasteiger partial charge in [-0.05, 0) is 13.0 Å². The Hall–Kier alpha value is -1.91. The lowest BCUT2D eigenvalue weighted by Gasteiger charge is -2.16. The normalized spacial score (nSPS) is 9.71. The molecule has 1 aromatic rings. The van der Waals surface area contributed by atoms with Gasteiger partial charge in [0.15, 0.2) is 11.5 Å². The van der Waals surface area contributed by atoms with Crippen LogP contribution < -0.4 is 14.2 Å². The molecule has 0 spiro atoms. The summed E-state index contributed by atoms with van der Waals surface area (Å²) in [4.78, 5) is 11.6. The number of benzene rings is 1. The van der Waals surface area contributed by atoms with E-state index in [1.807, 2.05) is 0 Å². The van der Waals surface area contributed by atoms with Crippen LogP contribution in [-0.2, 0) is 4.74 Å². The van der Waals surface area contributed by atoms with Crippen LogP contribution in [-0.4, -0.2) is 34.4 Å². The van der Waals surface area contributed by atoms with Gasteiger partial charge < -0.3 is 18.9 Å². The minimum atomic E-state index is -0.443. The fourth-order valence-corrected chi connectivity index (χ4v) is 1.62. The van der Waals surface area contributed by atoms with E-state index in [1.54, 1.807) is 13.0 Å². The third kappa shape index (κ3) is 2.27. The first-order valence-electron chi connectivity index (χ1n) is 4.98. The van der Waals surface area contributed by atoms with Crippen molar-refractivity contribution in [2.45, 2.75) is 6.92 Å². The number of methoxy groups -OCH3 is 4. The lowest BCUT2D eigenvalue weighted by Crippen LogP contribution is -2.07. The first kappa shape index (κ1) is 13.2. The van der Waals surface area contributed by atoms with Crippen molar-refractivity contribution in [3.63, 3.8) is 0 Å². The Labute approximate surface area is 100 Å². The molecule has 0 aliphatic heterocycles. The summed E-state index contributed by atoms with van der Waals surface area (Å²) < 4.78 is 20.3. The second-order valence-corrected chi connectivity index (χ2v) is 3.31. The van der Waals surface area contributed by atoms with E-state index >= 15 is 0 Å². The molecule has 0 aliphatic carbocycles. The highest BCUT2D eigenvalue weighted by Gasteiger charge is 2.21. The van der Waals surface area contributed by atoms with Crippen molar-refractivity contribution in [1.29, 1.82) is 0 Å². The Morgan fingerprint density at radius 1 is 1.00 bits per heavy atom. The molecule has 0 unspecified atom stereocenters. The highest BCUT2D eigenvalue weighted by atomic mass is 16.5. The van der Waals surface area contributed by atoms with Gasteiger partial charge in [-0.25, -0.2) is 4.79 Å². The van der Waals surface area contributed by atoms with Crippen LogP contribution in [0.1, 0.15) is 15.9 Å². The summed E-state index contributed by atoms with van der Waals surface area (Å²) in [5.74, 6) is 0.907. The van der Waals surface area contributed by atoms with Crippen LogP contribution in [0.3, 0.4) is 0 Å². The van der Waals surface area contributed by atoms with Gasteiger partial charge in [-0.3, -0.25) is 0 Å². The smallest absolute Gasteiger partial charge is 0.338 e. The molecule has 0 bridgehead atoms. The van der Waals surface area contributed by atoms with Crippen molar-refractivity contribution in [2.75, 3.05) is 28.4 Å². The third-order valence-electron chi connectivity index (χ3n) is 2.48. The quantitative estimate of drug-likeness (QED) is 0.751. The van der Waals surface area contributed by atoms with Gasteiger partial charge >= 0.3 is 5.97 Å². The summed E-state index contributed by atoms with van der Waals surface area (Å²) in [5.41, 5.74) is 1.04. The number of hydrogen-bond donors (Lipinski definition) is 0. The molecule has 0 aliphatic rings. The zero-order valence-corrected chi connectivity index (χ0v) is 10.6. The molecule has 0 fully saturated rings. The number of esters is 1. The molecular formula is C12H16O5. The molecule has 0 saturated heterocycles. The van der Waals surface area contributed by atoms with E-state index in [2.05, 4.69) is 0 Å². The second kappa shape index (κ2) is 5.43. The van der Waals surface area contributed by atoms with Gasteiger partial charge in [0.1, 0.15) is 0 Å². The molecule has 0 amide bonds. The number of carbonyl (C=O) groups excluding carboxylic acids is 1. The number of carbonyl (C=O) groups is 1. The van der Waals surface area contributed by atoms with Gasteiger partial charge in [0, 0.05) is 5.56 Å². The summed E-state index contributed by atoms with van der Waals surface area (Å²) in [6.45, 7) is 1.76. The van der Waals surface area contributed by atoms with Crippen molar-refractivity contribution in [3.8, 4) is 17.2 Å². The van der Waals surface area contributed by atoms with Gasteiger partial charge in [-0.15, -0.1) is 0 Å². The van der Waals surface area contributed by atoms with Crippen molar-refractivity contribution in [3.05, 3.63) is 17.2 Å². The van der Waals surface area contributed by atoms with E-state index in [4.69, 9.17) is 18.9 Å². The van der Waals surface area contributed by atoms with Crippen LogP contribution in [0, 0.1) is 6.92 Å². The summed E-state index contributed by atoms with van der Waals surface area (Å²) in [5, 5.41) is 0. The minimum absolute atomic E-state index is 0.391. The Morgan fingerprint density at radius 3 is 2.00 bits per heavy atom. The topological polar surface area (TPSA) is 54.0 Å². The highest BCUT2D eigenvalue weighted by Crippen LogP contribution is 2.41. The molecule has 0 radical (unpaired) electrons. The van der Waals surface area contributed by atoms with E-state index in [9.17, 15) is 4.79 Å². The van der Waals surface area contributed by atoms with E-state index < -0.39 is 5.97 Å². The van der Waals surface area contributed by atoms with E-state index in [0.717, 1.165) is 0 Å². The van der Waals surface area contributed by atoms with Gasteiger partial charge in [-0.1, -0.05) is 0 Å². The van der Waals surface area contributed by atoms with E-state index in [-0.39, 0.29) is 0 Å². The molecule has 1 aromatic carbocycles. The lowest BCUT2D eigenvalue weighted by molar-refractivity contribution is 0.0599. The Kier molecular flexibility index (Phi) is 4.20. The molecule has 1 rings (SSSR count). The summed E-state index contributed by atoms with van der Waals surface area (Å²) >= 11 is 0. The minimum Gasteiger partial charge on any atom is -0.493 e. The maximum atomic E-state index is 11.6. The maximum absolute atomic E-state index is 11.6. The van der Waals surface area contributed by atoms with Crippen molar-refractivity contribution < 1.29 is 23.7 Å². The average Bonchev–Trinajstić information content (AvgIpc) is 2.36. The average molecular weight is 240 g/mol. The Morgan fingerprint density at radius 2 is 1.59 bits per heavy atom. The van der Waals surface area contributed by atoms with Crippen LogP contribution in [0.5, 0.6) is 17.2 Å². The highest BCUT2D eigenvalue weighted by molar-refractivity contribution is 5.93. The molecule has 0 heterocycles. The lowest BCUT2D eigenvalue weighted by atomic mass is 10.1. The van der Waals surface area contributed by atoms with Crippen LogP contribution in [0.25, 0.3) is 0 Å². The number of hydrogen-bond acceptors (Lipinski definition) is 5. The van der Waals surface area contributed by atoms with Gasteiger partial charge in [0.2, 0.25) is 5.75 Å². The summed E-state index contributed by atoms with van der Waals surface area (Å²) in [6, 6.07) is 1.57. The third-order valence-corrected chi connectivity index (χ3v) is 2.48. The van der Waals surface area contributed by atoms with E-state index in [1.165, 1.54) is 28.4 Å². The first-order valence-corrected chi connectivity index (χ1v) is 4.98. The molecule has 0 atom stereocenters. The van der Waals surface area contributed by atoms with Crippen molar-refractivity contribution >= 4 is 5.97 Å². The van der Waals surface area contributed by atoms with Gasteiger partial charge in [0.05, 0.1) is 34.0 Å². The monoisotopic (exact) mass is 240 g/mol. The SMILES string of the molecule is COC(=O)c1cc(OC)c(OC)c(OC)c1C. The largest absolute Gasteiger partial charge is 0.493 e. The molecule has 0 aromatic heterocycles. The van der Waals surface area contributed by atoms with Gasteiger partial charge in [0.25, 0.3) is 0 Å². The second-order valence-electron chi connectivity index (χ2n) is 3.31. The summed E-state index contributed by atoms with van der Waals surface area (Å²) in [6.07, 6.45) is 0. The number of ether oxygens (including phenoxy) is 4. The van der Waals surface area contributed by atoms with Gasteiger partial charge in [-0.2, -0.15) is 0 Å². The van der Waals surface area contributed by atoms with E-state index in [0.29, 0.717) is 28.4 Å². The Balaban J connectivity index is 3.50. The molecule has 94 valence electrons. The Bertz CT molecular complexity index is 425. The fraction of sp³-hybridized carbons (Fsp3) is 0.417. The fourth-order valence-electron chi connectivity index (χ4n) is 1.62. The molecule has 5 heteroatoms. The van der Waals surface area contributed by atoms with Crippen molar-refractivity contribution in [2.24, 2.45) is 0 Å². The summed E-state index contributed by atoms with van der Waals surface area (Å²) in [7, 11) is 5.83. The van der Waals surface area contributed by atoms with Crippen LogP contribution >= 0.6 is 0 Å². The molecule has 17 heavy (non-hydrogen) atoms. The molecular weight excluding hydrogens is 224 g/mol. The van der Waals surface area contributed by atoms with Crippen LogP contribution in [0.2, 0.25) is 0 Å². The van der Waals surface area contributed by atoms with Crippen LogP contribution in [0.15, 0.2) is 6.07 Å². The maximum Gasteiger partial charge on any atom is 0.338 e. The van der Waals surface area contributed by atoms with Crippen LogP contribution in [0.4, 0.5) is 0 Å². The zero-order valence-electron chi connectivity index (χ0n) is 10.6.